The lowest BCUT2D eigenvalue weighted by atomic mass is 9.94. The summed E-state index contributed by atoms with van der Waals surface area (Å²) in [4.78, 5) is 11.8. The van der Waals surface area contributed by atoms with E-state index in [9.17, 15) is 9.90 Å². The molecular weight excluding hydrogens is 729 g/mol. The Labute approximate surface area is 380 Å². The van der Waals surface area contributed by atoms with Crippen LogP contribution in [0.1, 0.15) is 361 Å². The van der Waals surface area contributed by atoms with Gasteiger partial charge in [0.25, 0.3) is 0 Å². The fourth-order valence-electron chi connectivity index (χ4n) is 9.80. The monoisotopic (exact) mass is 845 g/mol. The molecule has 0 bridgehead atoms. The van der Waals surface area contributed by atoms with Gasteiger partial charge in [-0.15, -0.1) is 0 Å². The summed E-state index contributed by atoms with van der Waals surface area (Å²) in [7, 11) is 0. The third kappa shape index (κ3) is 51.8. The number of rotatable bonds is 55. The molecule has 0 spiro atoms. The van der Waals surface area contributed by atoms with E-state index in [-0.39, 0.29) is 5.92 Å². The van der Waals surface area contributed by atoms with Crippen molar-refractivity contribution in [2.24, 2.45) is 5.92 Å². The molecule has 0 aromatic rings. The molecule has 0 aliphatic rings. The van der Waals surface area contributed by atoms with Crippen molar-refractivity contribution in [2.45, 2.75) is 361 Å². The van der Waals surface area contributed by atoms with Crippen LogP contribution in [0.25, 0.3) is 0 Å². The zero-order valence-electron chi connectivity index (χ0n) is 42.1. The van der Waals surface area contributed by atoms with Crippen molar-refractivity contribution in [1.29, 1.82) is 0 Å². The summed E-state index contributed by atoms with van der Waals surface area (Å²) < 4.78 is 0. The van der Waals surface area contributed by atoms with Crippen molar-refractivity contribution in [1.82, 2.24) is 0 Å². The maximum absolute atomic E-state index is 11.8. The summed E-state index contributed by atoms with van der Waals surface area (Å²) >= 11 is 0. The van der Waals surface area contributed by atoms with E-state index in [4.69, 9.17) is 0 Å². The largest absolute Gasteiger partial charge is 0.481 e. The molecule has 0 rings (SSSR count). The standard InChI is InChI=1S/C58H116O2/c1-3-5-7-9-11-13-15-17-19-20-21-22-23-24-25-26-27-28-29-30-31-32-33-34-35-36-37-38-39-40-41-42-44-46-48-50-52-54-56-57(58(59)60)55-53-51-49-47-45-43-18-16-14-12-10-8-6-4-2/h57H,3-56H2,1-2H3,(H,59,60). The molecule has 2 heteroatoms. The number of unbranched alkanes of at least 4 members (excludes halogenated alkanes) is 50. The number of hydrogen-bond acceptors (Lipinski definition) is 1. The minimum absolute atomic E-state index is 0.102. The normalized spacial score (nSPS) is 12.2. The van der Waals surface area contributed by atoms with Crippen LogP contribution in [0.5, 0.6) is 0 Å². The van der Waals surface area contributed by atoms with Gasteiger partial charge in [0.15, 0.2) is 0 Å². The van der Waals surface area contributed by atoms with Crippen LogP contribution in [0.2, 0.25) is 0 Å². The SMILES string of the molecule is CCCCCCCCCCCCCCCCCCCCCCCCCCCCCCCCCCCCCCCCC(CCCCCCCCCCCCCCCC)C(=O)O. The molecular formula is C58H116O2. The fraction of sp³-hybridized carbons (Fsp3) is 0.983. The number of aliphatic carboxylic acids is 1. The van der Waals surface area contributed by atoms with Gasteiger partial charge < -0.3 is 5.11 Å². The molecule has 60 heavy (non-hydrogen) atoms. The van der Waals surface area contributed by atoms with E-state index in [1.807, 2.05) is 0 Å². The van der Waals surface area contributed by atoms with Gasteiger partial charge in [0, 0.05) is 0 Å². The lowest BCUT2D eigenvalue weighted by molar-refractivity contribution is -0.142. The van der Waals surface area contributed by atoms with Crippen molar-refractivity contribution in [3.8, 4) is 0 Å². The summed E-state index contributed by atoms with van der Waals surface area (Å²) in [5.74, 6) is -0.651. The van der Waals surface area contributed by atoms with E-state index < -0.39 is 5.97 Å². The molecule has 1 unspecified atom stereocenters. The fourth-order valence-corrected chi connectivity index (χ4v) is 9.80. The van der Waals surface area contributed by atoms with E-state index in [1.54, 1.807) is 0 Å². The molecule has 0 saturated carbocycles. The zero-order chi connectivity index (χ0) is 43.3. The highest BCUT2D eigenvalue weighted by Crippen LogP contribution is 2.22. The van der Waals surface area contributed by atoms with Crippen LogP contribution < -0.4 is 0 Å². The van der Waals surface area contributed by atoms with Gasteiger partial charge in [-0.1, -0.05) is 348 Å². The lowest BCUT2D eigenvalue weighted by Gasteiger charge is -2.12. The predicted octanol–water partition coefficient (Wildman–Crippen LogP) is 21.8. The van der Waals surface area contributed by atoms with Crippen LogP contribution >= 0.6 is 0 Å². The first-order chi connectivity index (χ1) is 29.7. The second kappa shape index (κ2) is 54.6. The minimum Gasteiger partial charge on any atom is -0.481 e. The molecule has 2 nitrogen and oxygen atoms in total. The van der Waals surface area contributed by atoms with Crippen molar-refractivity contribution in [3.63, 3.8) is 0 Å². The molecule has 0 aromatic carbocycles. The van der Waals surface area contributed by atoms with Gasteiger partial charge in [-0.3, -0.25) is 4.79 Å². The Bertz CT molecular complexity index is 762. The molecule has 0 aliphatic carbocycles. The van der Waals surface area contributed by atoms with Crippen LogP contribution in [0.3, 0.4) is 0 Å². The van der Waals surface area contributed by atoms with Crippen molar-refractivity contribution < 1.29 is 9.90 Å². The first-order valence-electron chi connectivity index (χ1n) is 28.9. The summed E-state index contributed by atoms with van der Waals surface area (Å²) in [6.07, 6.45) is 75.6. The van der Waals surface area contributed by atoms with Gasteiger partial charge in [0.1, 0.15) is 0 Å². The Kier molecular flexibility index (Phi) is 54.1. The summed E-state index contributed by atoms with van der Waals surface area (Å²) in [5.41, 5.74) is 0. The van der Waals surface area contributed by atoms with E-state index in [0.717, 1.165) is 25.7 Å². The Morgan fingerprint density at radius 2 is 0.350 bits per heavy atom. The topological polar surface area (TPSA) is 37.3 Å². The first kappa shape index (κ1) is 59.5. The molecule has 0 aromatic heterocycles. The summed E-state index contributed by atoms with van der Waals surface area (Å²) in [6, 6.07) is 0. The number of hydrogen-bond donors (Lipinski definition) is 1. The van der Waals surface area contributed by atoms with Crippen molar-refractivity contribution in [3.05, 3.63) is 0 Å². The number of carboxylic acids is 1. The Hall–Kier alpha value is -0.530. The van der Waals surface area contributed by atoms with E-state index >= 15 is 0 Å². The van der Waals surface area contributed by atoms with Gasteiger partial charge in [-0.25, -0.2) is 0 Å². The summed E-state index contributed by atoms with van der Waals surface area (Å²) in [6.45, 7) is 4.60. The number of carbonyl (C=O) groups is 1. The molecule has 0 radical (unpaired) electrons. The highest BCUT2D eigenvalue weighted by atomic mass is 16.4. The van der Waals surface area contributed by atoms with Gasteiger partial charge in [-0.2, -0.15) is 0 Å². The van der Waals surface area contributed by atoms with Crippen LogP contribution in [-0.4, -0.2) is 11.1 Å². The third-order valence-electron chi connectivity index (χ3n) is 14.2. The molecule has 0 aliphatic heterocycles. The second-order valence-corrected chi connectivity index (χ2v) is 20.3. The van der Waals surface area contributed by atoms with Crippen molar-refractivity contribution in [2.75, 3.05) is 0 Å². The molecule has 0 amide bonds. The molecule has 0 fully saturated rings. The molecule has 0 saturated heterocycles. The summed E-state index contributed by atoms with van der Waals surface area (Å²) in [5, 5.41) is 9.71. The van der Waals surface area contributed by atoms with E-state index in [2.05, 4.69) is 13.8 Å². The highest BCUT2D eigenvalue weighted by Gasteiger charge is 2.16. The first-order valence-corrected chi connectivity index (χ1v) is 28.9. The van der Waals surface area contributed by atoms with Gasteiger partial charge in [-0.05, 0) is 12.8 Å². The van der Waals surface area contributed by atoms with E-state index in [1.165, 1.54) is 321 Å². The molecule has 1 atom stereocenters. The van der Waals surface area contributed by atoms with E-state index in [0.29, 0.717) is 0 Å². The smallest absolute Gasteiger partial charge is 0.306 e. The maximum atomic E-state index is 11.8. The molecule has 0 heterocycles. The number of carboxylic acid groups (broad SMARTS) is 1. The molecule has 1 N–H and O–H groups in total. The van der Waals surface area contributed by atoms with Crippen LogP contribution in [-0.2, 0) is 4.79 Å². The average molecular weight is 846 g/mol. The average Bonchev–Trinajstić information content (AvgIpc) is 3.25. The van der Waals surface area contributed by atoms with Crippen LogP contribution in [0.4, 0.5) is 0 Å². The maximum Gasteiger partial charge on any atom is 0.306 e. The highest BCUT2D eigenvalue weighted by molar-refractivity contribution is 5.69. The van der Waals surface area contributed by atoms with Crippen molar-refractivity contribution >= 4 is 5.97 Å². The Balaban J connectivity index is 3.24. The minimum atomic E-state index is -0.550. The Morgan fingerprint density at radius 3 is 0.467 bits per heavy atom. The third-order valence-corrected chi connectivity index (χ3v) is 14.2. The second-order valence-electron chi connectivity index (χ2n) is 20.3. The molecule has 360 valence electrons. The Morgan fingerprint density at radius 1 is 0.233 bits per heavy atom. The lowest BCUT2D eigenvalue weighted by Crippen LogP contribution is -2.13. The predicted molar refractivity (Wildman–Crippen MR) is 272 cm³/mol. The van der Waals surface area contributed by atoms with Crippen LogP contribution in [0.15, 0.2) is 0 Å². The quantitative estimate of drug-likeness (QED) is 0.0619. The zero-order valence-corrected chi connectivity index (χ0v) is 42.1. The van der Waals surface area contributed by atoms with Gasteiger partial charge in [0.05, 0.1) is 5.92 Å². The van der Waals surface area contributed by atoms with Gasteiger partial charge in [0.2, 0.25) is 0 Å². The van der Waals surface area contributed by atoms with Gasteiger partial charge >= 0.3 is 5.97 Å². The van der Waals surface area contributed by atoms with Crippen LogP contribution in [0, 0.1) is 5.92 Å².